The van der Waals surface area contributed by atoms with Gasteiger partial charge in [-0.25, -0.2) is 4.99 Å². The molecule has 0 bridgehead atoms. The van der Waals surface area contributed by atoms with E-state index in [1.807, 2.05) is 0 Å². The standard InChI is InChI=1S/C10H14ClF3N2O3/c1-4-7(16(17)18)9(6(2)19-3)15-8(11)5-10(12,13)14/h6H,4-5H2,1-3H3/b9-7+,15-8+. The quantitative estimate of drug-likeness (QED) is 0.428. The summed E-state index contributed by atoms with van der Waals surface area (Å²) in [6.45, 7) is 2.93. The van der Waals surface area contributed by atoms with Gasteiger partial charge in [-0.15, -0.1) is 0 Å². The van der Waals surface area contributed by atoms with Gasteiger partial charge in [-0.1, -0.05) is 18.5 Å². The number of nitrogens with zero attached hydrogens (tertiary/aromatic N) is 2. The minimum Gasteiger partial charge on any atom is -0.375 e. The summed E-state index contributed by atoms with van der Waals surface area (Å²) in [6, 6.07) is 0. The van der Waals surface area contributed by atoms with E-state index in [0.717, 1.165) is 0 Å². The van der Waals surface area contributed by atoms with Crippen LogP contribution in [0.3, 0.4) is 0 Å². The molecule has 1 atom stereocenters. The molecule has 0 heterocycles. The van der Waals surface area contributed by atoms with Crippen molar-refractivity contribution in [2.45, 2.75) is 39.0 Å². The first-order valence-electron chi connectivity index (χ1n) is 5.32. The number of methoxy groups -OCH3 is 1. The first kappa shape index (κ1) is 17.8. The van der Waals surface area contributed by atoms with Crippen LogP contribution in [0, 0.1) is 10.1 Å². The van der Waals surface area contributed by atoms with Crippen LogP contribution < -0.4 is 0 Å². The molecule has 5 nitrogen and oxygen atoms in total. The molecular weight excluding hydrogens is 289 g/mol. The number of halogens is 4. The average Bonchev–Trinajstić information content (AvgIpc) is 2.24. The van der Waals surface area contributed by atoms with Crippen molar-refractivity contribution in [1.82, 2.24) is 0 Å². The third-order valence-electron chi connectivity index (χ3n) is 2.18. The molecule has 9 heteroatoms. The second kappa shape index (κ2) is 7.44. The highest BCUT2D eigenvalue weighted by Crippen LogP contribution is 2.24. The molecule has 0 N–H and O–H groups in total. The minimum atomic E-state index is -4.52. The van der Waals surface area contributed by atoms with Crippen molar-refractivity contribution in [2.75, 3.05) is 7.11 Å². The van der Waals surface area contributed by atoms with Gasteiger partial charge in [-0.3, -0.25) is 10.1 Å². The van der Waals surface area contributed by atoms with Gasteiger partial charge in [0.2, 0.25) is 0 Å². The van der Waals surface area contributed by atoms with Crippen LogP contribution in [-0.4, -0.2) is 29.5 Å². The molecule has 0 aliphatic rings. The summed E-state index contributed by atoms with van der Waals surface area (Å²) in [4.78, 5) is 13.6. The number of nitro groups is 1. The van der Waals surface area contributed by atoms with Gasteiger partial charge in [0, 0.05) is 13.5 Å². The highest BCUT2D eigenvalue weighted by Gasteiger charge is 2.30. The molecule has 0 aromatic heterocycles. The van der Waals surface area contributed by atoms with Crippen molar-refractivity contribution in [1.29, 1.82) is 0 Å². The van der Waals surface area contributed by atoms with Crippen molar-refractivity contribution in [3.8, 4) is 0 Å². The number of alkyl halides is 3. The fourth-order valence-electron chi connectivity index (χ4n) is 1.24. The van der Waals surface area contributed by atoms with E-state index < -0.39 is 28.8 Å². The predicted octanol–water partition coefficient (Wildman–Crippen LogP) is 3.51. The maximum atomic E-state index is 12.1. The van der Waals surface area contributed by atoms with Crippen molar-refractivity contribution >= 4 is 16.8 Å². The largest absolute Gasteiger partial charge is 0.395 e. The van der Waals surface area contributed by atoms with E-state index in [-0.39, 0.29) is 17.8 Å². The first-order valence-corrected chi connectivity index (χ1v) is 5.70. The Morgan fingerprint density at radius 2 is 2.05 bits per heavy atom. The Hall–Kier alpha value is -1.15. The van der Waals surface area contributed by atoms with Gasteiger partial charge in [-0.05, 0) is 6.92 Å². The maximum absolute atomic E-state index is 12.1. The van der Waals surface area contributed by atoms with Crippen LogP contribution in [0.15, 0.2) is 16.4 Å². The van der Waals surface area contributed by atoms with Crippen LogP contribution in [0.25, 0.3) is 0 Å². The maximum Gasteiger partial charge on any atom is 0.395 e. The van der Waals surface area contributed by atoms with Gasteiger partial charge in [-0.2, -0.15) is 13.2 Å². The van der Waals surface area contributed by atoms with Crippen LogP contribution >= 0.6 is 11.6 Å². The van der Waals surface area contributed by atoms with Crippen molar-refractivity contribution in [3.63, 3.8) is 0 Å². The van der Waals surface area contributed by atoms with Gasteiger partial charge >= 0.3 is 6.18 Å². The lowest BCUT2D eigenvalue weighted by Gasteiger charge is -2.12. The fourth-order valence-corrected chi connectivity index (χ4v) is 1.48. The number of hydrogen-bond acceptors (Lipinski definition) is 4. The minimum absolute atomic E-state index is 0.00425. The summed E-state index contributed by atoms with van der Waals surface area (Å²) in [5.41, 5.74) is -0.529. The number of hydrogen-bond donors (Lipinski definition) is 0. The normalized spacial score (nSPS) is 16.1. The summed E-state index contributed by atoms with van der Waals surface area (Å²) in [7, 11) is 1.27. The lowest BCUT2D eigenvalue weighted by Crippen LogP contribution is -2.16. The van der Waals surface area contributed by atoms with Crippen molar-refractivity contribution < 1.29 is 22.8 Å². The van der Waals surface area contributed by atoms with E-state index >= 15 is 0 Å². The van der Waals surface area contributed by atoms with Gasteiger partial charge in [0.25, 0.3) is 5.70 Å². The van der Waals surface area contributed by atoms with E-state index in [9.17, 15) is 23.3 Å². The van der Waals surface area contributed by atoms with Gasteiger partial charge in [0.1, 0.15) is 17.0 Å². The van der Waals surface area contributed by atoms with Crippen molar-refractivity contribution in [3.05, 3.63) is 21.5 Å². The molecular formula is C10H14ClF3N2O3. The van der Waals surface area contributed by atoms with Crippen LogP contribution in [0.1, 0.15) is 26.7 Å². The van der Waals surface area contributed by atoms with E-state index in [4.69, 9.17) is 16.3 Å². The third kappa shape index (κ3) is 6.53. The smallest absolute Gasteiger partial charge is 0.375 e. The van der Waals surface area contributed by atoms with E-state index in [1.165, 1.54) is 21.0 Å². The Morgan fingerprint density at radius 3 is 2.37 bits per heavy atom. The molecule has 0 amide bonds. The summed E-state index contributed by atoms with van der Waals surface area (Å²) in [6.07, 6.45) is -6.80. The van der Waals surface area contributed by atoms with Gasteiger partial charge in [0.15, 0.2) is 0 Å². The molecule has 0 aliphatic carbocycles. The number of ether oxygens (including phenoxy) is 1. The first-order chi connectivity index (χ1) is 8.62. The molecule has 0 aliphatic heterocycles. The Bertz CT molecular complexity index is 394. The second-order valence-corrected chi connectivity index (χ2v) is 4.04. The molecule has 0 radical (unpaired) electrons. The summed E-state index contributed by atoms with van der Waals surface area (Å²) in [5.74, 6) is 0. The third-order valence-corrected chi connectivity index (χ3v) is 2.40. The summed E-state index contributed by atoms with van der Waals surface area (Å²) < 4.78 is 41.3. The highest BCUT2D eigenvalue weighted by atomic mass is 35.5. The zero-order chi connectivity index (χ0) is 15.2. The molecule has 110 valence electrons. The molecule has 0 spiro atoms. The van der Waals surface area contributed by atoms with Gasteiger partial charge < -0.3 is 4.74 Å². The average molecular weight is 303 g/mol. The molecule has 0 rings (SSSR count). The lowest BCUT2D eigenvalue weighted by atomic mass is 10.2. The highest BCUT2D eigenvalue weighted by molar-refractivity contribution is 6.65. The Labute approximate surface area is 113 Å². The van der Waals surface area contributed by atoms with E-state index in [0.29, 0.717) is 0 Å². The second-order valence-electron chi connectivity index (χ2n) is 3.60. The van der Waals surface area contributed by atoms with Crippen molar-refractivity contribution in [2.24, 2.45) is 4.99 Å². The number of aliphatic imine (C=N–C) groups is 1. The molecule has 0 aromatic rings. The summed E-state index contributed by atoms with van der Waals surface area (Å²) >= 11 is 5.38. The van der Waals surface area contributed by atoms with Crippen LogP contribution in [-0.2, 0) is 4.74 Å². The zero-order valence-corrected chi connectivity index (χ0v) is 11.4. The van der Waals surface area contributed by atoms with Gasteiger partial charge in [0.05, 0.1) is 11.3 Å². The predicted molar refractivity (Wildman–Crippen MR) is 64.7 cm³/mol. The Balaban J connectivity index is 5.52. The summed E-state index contributed by atoms with van der Waals surface area (Å²) in [5, 5.41) is 10.1. The lowest BCUT2D eigenvalue weighted by molar-refractivity contribution is -0.429. The van der Waals surface area contributed by atoms with Crippen LogP contribution in [0.4, 0.5) is 13.2 Å². The van der Waals surface area contributed by atoms with E-state index in [2.05, 4.69) is 4.99 Å². The molecule has 0 fully saturated rings. The molecule has 19 heavy (non-hydrogen) atoms. The number of allylic oxidation sites excluding steroid dienone is 1. The molecule has 0 aromatic carbocycles. The topological polar surface area (TPSA) is 64.7 Å². The van der Waals surface area contributed by atoms with Crippen LogP contribution in [0.5, 0.6) is 0 Å². The molecule has 0 saturated carbocycles. The van der Waals surface area contributed by atoms with E-state index in [1.54, 1.807) is 0 Å². The zero-order valence-electron chi connectivity index (χ0n) is 10.6. The Morgan fingerprint density at radius 1 is 1.53 bits per heavy atom. The Kier molecular flexibility index (Phi) is 6.99. The number of rotatable bonds is 6. The molecule has 0 saturated heterocycles. The monoisotopic (exact) mass is 302 g/mol. The fraction of sp³-hybridized carbons (Fsp3) is 0.700. The molecule has 1 unspecified atom stereocenters. The van der Waals surface area contributed by atoms with Crippen LogP contribution in [0.2, 0.25) is 0 Å². The SMILES string of the molecule is CC/C(=C(\N=C(\Cl)CC(F)(F)F)C(C)OC)[N+](=O)[O-].